The monoisotopic (exact) mass is 478 g/mol. The van der Waals surface area contributed by atoms with Gasteiger partial charge in [-0.1, -0.05) is 70.2 Å². The molecule has 30 heavy (non-hydrogen) atoms. The standard InChI is InChI=1S/C24H19BrN2O2S/c1-15-20(12-22(28)18-8-10-19(25)11-9-18)16(2)27-24(21(15)13-26)30-14-23(29)17-6-4-3-5-7-17/h3-11H,12,14H2,1-2H3. The quantitative estimate of drug-likeness (QED) is 0.320. The number of aryl methyl sites for hydroxylation is 1. The number of benzene rings is 2. The number of carbonyl (C=O) groups excluding carboxylic acids is 2. The smallest absolute Gasteiger partial charge is 0.173 e. The van der Waals surface area contributed by atoms with Crippen molar-refractivity contribution < 1.29 is 9.59 Å². The van der Waals surface area contributed by atoms with Crippen LogP contribution in [0.2, 0.25) is 0 Å². The Bertz CT molecular complexity index is 1140. The number of hydrogen-bond donors (Lipinski definition) is 0. The van der Waals surface area contributed by atoms with Crippen molar-refractivity contribution in [2.24, 2.45) is 0 Å². The van der Waals surface area contributed by atoms with E-state index < -0.39 is 0 Å². The molecule has 1 aromatic heterocycles. The molecule has 0 bridgehead atoms. The van der Waals surface area contributed by atoms with Gasteiger partial charge in [0.05, 0.1) is 11.3 Å². The first-order valence-corrected chi connectivity index (χ1v) is 11.1. The van der Waals surface area contributed by atoms with Gasteiger partial charge in [-0.05, 0) is 37.1 Å². The molecule has 0 amide bonds. The van der Waals surface area contributed by atoms with Crippen LogP contribution in [0.3, 0.4) is 0 Å². The highest BCUT2D eigenvalue weighted by Crippen LogP contribution is 2.28. The number of nitrogens with zero attached hydrogens (tertiary/aromatic N) is 2. The van der Waals surface area contributed by atoms with Crippen molar-refractivity contribution in [3.8, 4) is 6.07 Å². The summed E-state index contributed by atoms with van der Waals surface area (Å²) in [5.74, 6) is 0.150. The lowest BCUT2D eigenvalue weighted by molar-refractivity contribution is 0.0990. The van der Waals surface area contributed by atoms with Crippen LogP contribution in [0.5, 0.6) is 0 Å². The van der Waals surface area contributed by atoms with Crippen LogP contribution in [0, 0.1) is 25.2 Å². The molecule has 0 aliphatic rings. The van der Waals surface area contributed by atoms with Crippen LogP contribution in [0.25, 0.3) is 0 Å². The van der Waals surface area contributed by atoms with E-state index in [1.165, 1.54) is 11.8 Å². The maximum absolute atomic E-state index is 12.7. The van der Waals surface area contributed by atoms with E-state index in [0.29, 0.717) is 27.4 Å². The van der Waals surface area contributed by atoms with E-state index in [1.807, 2.05) is 44.2 Å². The Labute approximate surface area is 188 Å². The summed E-state index contributed by atoms with van der Waals surface area (Å²) in [5, 5.41) is 10.2. The van der Waals surface area contributed by atoms with Gasteiger partial charge in [0.15, 0.2) is 11.6 Å². The van der Waals surface area contributed by atoms with Gasteiger partial charge in [-0.15, -0.1) is 0 Å². The number of thioether (sulfide) groups is 1. The summed E-state index contributed by atoms with van der Waals surface area (Å²) < 4.78 is 0.909. The summed E-state index contributed by atoms with van der Waals surface area (Å²) in [4.78, 5) is 29.7. The molecule has 0 saturated carbocycles. The minimum Gasteiger partial charge on any atom is -0.294 e. The summed E-state index contributed by atoms with van der Waals surface area (Å²) in [5.41, 5.74) is 3.87. The maximum atomic E-state index is 12.7. The molecule has 0 aliphatic heterocycles. The molecule has 2 aromatic carbocycles. The lowest BCUT2D eigenvalue weighted by Crippen LogP contribution is -2.10. The molecule has 6 heteroatoms. The third kappa shape index (κ3) is 5.05. The third-order valence-corrected chi connectivity index (χ3v) is 6.30. The second kappa shape index (κ2) is 9.84. The fraction of sp³-hybridized carbons (Fsp3) is 0.167. The summed E-state index contributed by atoms with van der Waals surface area (Å²) in [6.07, 6.45) is 0.175. The van der Waals surface area contributed by atoms with E-state index in [1.54, 1.807) is 24.3 Å². The van der Waals surface area contributed by atoms with E-state index in [-0.39, 0.29) is 23.7 Å². The van der Waals surface area contributed by atoms with Crippen molar-refractivity contribution in [3.05, 3.63) is 92.6 Å². The van der Waals surface area contributed by atoms with Gasteiger partial charge < -0.3 is 0 Å². The third-order valence-electron chi connectivity index (χ3n) is 4.80. The summed E-state index contributed by atoms with van der Waals surface area (Å²) in [7, 11) is 0. The molecule has 150 valence electrons. The Balaban J connectivity index is 1.82. The molecule has 0 fully saturated rings. The average Bonchev–Trinajstić information content (AvgIpc) is 2.75. The Morgan fingerprint density at radius 1 is 1.00 bits per heavy atom. The number of ketones is 2. The predicted octanol–water partition coefficient (Wildman–Crippen LogP) is 5.73. The van der Waals surface area contributed by atoms with Crippen molar-refractivity contribution in [2.45, 2.75) is 25.3 Å². The first-order chi connectivity index (χ1) is 14.4. The van der Waals surface area contributed by atoms with Crippen LogP contribution in [0.15, 0.2) is 64.1 Å². The zero-order valence-electron chi connectivity index (χ0n) is 16.6. The highest BCUT2D eigenvalue weighted by atomic mass is 79.9. The van der Waals surface area contributed by atoms with Crippen LogP contribution < -0.4 is 0 Å². The number of hydrogen-bond acceptors (Lipinski definition) is 5. The van der Waals surface area contributed by atoms with Gasteiger partial charge >= 0.3 is 0 Å². The largest absolute Gasteiger partial charge is 0.294 e. The minimum absolute atomic E-state index is 0.0175. The summed E-state index contributed by atoms with van der Waals surface area (Å²) in [6.45, 7) is 3.67. The molecule has 0 spiro atoms. The number of aromatic nitrogens is 1. The van der Waals surface area contributed by atoms with Crippen molar-refractivity contribution in [3.63, 3.8) is 0 Å². The minimum atomic E-state index is -0.0287. The summed E-state index contributed by atoms with van der Waals surface area (Å²) >= 11 is 4.62. The molecule has 3 aromatic rings. The van der Waals surface area contributed by atoms with E-state index in [2.05, 4.69) is 27.0 Å². The number of carbonyl (C=O) groups is 2. The van der Waals surface area contributed by atoms with Crippen molar-refractivity contribution >= 4 is 39.3 Å². The molecule has 0 saturated heterocycles. The van der Waals surface area contributed by atoms with Crippen LogP contribution >= 0.6 is 27.7 Å². The van der Waals surface area contributed by atoms with Gasteiger partial charge in [0.2, 0.25) is 0 Å². The molecule has 3 rings (SSSR count). The molecule has 0 atom stereocenters. The first-order valence-electron chi connectivity index (χ1n) is 9.30. The molecule has 1 heterocycles. The second-order valence-electron chi connectivity index (χ2n) is 6.78. The number of halogens is 1. The SMILES string of the molecule is Cc1nc(SCC(=O)c2ccccc2)c(C#N)c(C)c1CC(=O)c1ccc(Br)cc1. The van der Waals surface area contributed by atoms with Crippen molar-refractivity contribution in [2.75, 3.05) is 5.75 Å². The van der Waals surface area contributed by atoms with Crippen LogP contribution in [0.1, 0.15) is 43.1 Å². The molecular formula is C24H19BrN2O2S. The second-order valence-corrected chi connectivity index (χ2v) is 8.66. The fourth-order valence-corrected chi connectivity index (χ4v) is 4.34. The lowest BCUT2D eigenvalue weighted by Gasteiger charge is -2.14. The average molecular weight is 479 g/mol. The van der Waals surface area contributed by atoms with E-state index in [9.17, 15) is 14.9 Å². The zero-order chi connectivity index (χ0) is 21.7. The number of pyridine rings is 1. The first kappa shape index (κ1) is 21.9. The van der Waals surface area contributed by atoms with Crippen molar-refractivity contribution in [1.29, 1.82) is 5.26 Å². The molecule has 0 unspecified atom stereocenters. The van der Waals surface area contributed by atoms with Gasteiger partial charge in [0.1, 0.15) is 11.1 Å². The molecular weight excluding hydrogens is 460 g/mol. The predicted molar refractivity (Wildman–Crippen MR) is 122 cm³/mol. The summed E-state index contributed by atoms with van der Waals surface area (Å²) in [6, 6.07) is 18.5. The van der Waals surface area contributed by atoms with E-state index in [0.717, 1.165) is 15.6 Å². The van der Waals surface area contributed by atoms with E-state index in [4.69, 9.17) is 0 Å². The Morgan fingerprint density at radius 2 is 1.63 bits per heavy atom. The highest BCUT2D eigenvalue weighted by molar-refractivity contribution is 9.10. The Kier molecular flexibility index (Phi) is 7.20. The maximum Gasteiger partial charge on any atom is 0.173 e. The van der Waals surface area contributed by atoms with Crippen LogP contribution in [0.4, 0.5) is 0 Å². The number of nitriles is 1. The number of rotatable bonds is 7. The van der Waals surface area contributed by atoms with Crippen molar-refractivity contribution in [1.82, 2.24) is 4.98 Å². The topological polar surface area (TPSA) is 70.8 Å². The van der Waals surface area contributed by atoms with Crippen LogP contribution in [-0.4, -0.2) is 22.3 Å². The molecule has 0 radical (unpaired) electrons. The lowest BCUT2D eigenvalue weighted by atomic mass is 9.96. The van der Waals surface area contributed by atoms with Gasteiger partial charge in [-0.2, -0.15) is 5.26 Å². The molecule has 4 nitrogen and oxygen atoms in total. The van der Waals surface area contributed by atoms with E-state index >= 15 is 0 Å². The van der Waals surface area contributed by atoms with Gasteiger partial charge in [0, 0.05) is 27.7 Å². The normalized spacial score (nSPS) is 10.5. The Morgan fingerprint density at radius 3 is 2.27 bits per heavy atom. The fourth-order valence-electron chi connectivity index (χ4n) is 3.09. The van der Waals surface area contributed by atoms with Gasteiger partial charge in [0.25, 0.3) is 0 Å². The van der Waals surface area contributed by atoms with Crippen LogP contribution in [-0.2, 0) is 6.42 Å². The number of Topliss-reactive ketones (excluding diaryl/α,β-unsaturated/α-hetero) is 2. The van der Waals surface area contributed by atoms with Gasteiger partial charge in [-0.25, -0.2) is 4.98 Å². The molecule has 0 aliphatic carbocycles. The van der Waals surface area contributed by atoms with Gasteiger partial charge in [-0.3, -0.25) is 9.59 Å². The highest BCUT2D eigenvalue weighted by Gasteiger charge is 2.19. The zero-order valence-corrected chi connectivity index (χ0v) is 19.0. The molecule has 0 N–H and O–H groups in total. The Hall–Kier alpha value is -2.75.